The fraction of sp³-hybridized carbons (Fsp3) is 0.412. The minimum atomic E-state index is -4.05. The summed E-state index contributed by atoms with van der Waals surface area (Å²) < 4.78 is 67.5. The minimum absolute atomic E-state index is 0.0281. The van der Waals surface area contributed by atoms with Gasteiger partial charge in [-0.1, -0.05) is 0 Å². The molecule has 1 N–H and O–H groups in total. The van der Waals surface area contributed by atoms with Gasteiger partial charge in [-0.2, -0.15) is 4.39 Å². The Bertz CT molecular complexity index is 1120. The Labute approximate surface area is 167 Å². The number of phosphoric ester groups is 1. The predicted octanol–water partition coefficient (Wildman–Crippen LogP) is 1.85. The molecule has 1 unspecified atom stereocenters. The van der Waals surface area contributed by atoms with E-state index in [0.29, 0.717) is 5.75 Å². The lowest BCUT2D eigenvalue weighted by molar-refractivity contribution is -0.0732. The molecule has 2 aliphatic heterocycles. The number of aromatic amines is 1. The van der Waals surface area contributed by atoms with E-state index in [2.05, 4.69) is 0 Å². The van der Waals surface area contributed by atoms with Crippen LogP contribution in [0.5, 0.6) is 5.75 Å². The highest BCUT2D eigenvalue weighted by Gasteiger charge is 2.48. The number of nitrogens with zero attached hydrogens (tertiary/aromatic N) is 1. The zero-order valence-electron chi connectivity index (χ0n) is 15.6. The Balaban J connectivity index is 1.45. The van der Waals surface area contributed by atoms with Crippen molar-refractivity contribution in [2.45, 2.75) is 31.5 Å². The number of H-pyrrole nitrogens is 1. The molecule has 2 aromatic rings. The molecule has 1 aromatic carbocycles. The van der Waals surface area contributed by atoms with Crippen molar-refractivity contribution in [3.63, 3.8) is 0 Å². The van der Waals surface area contributed by atoms with Crippen LogP contribution < -0.4 is 16.0 Å². The third-order valence-corrected chi connectivity index (χ3v) is 6.15. The number of aromatic nitrogens is 2. The maximum absolute atomic E-state index is 13.9. The number of nitrogens with one attached hydrogen (secondary N) is 1. The summed E-state index contributed by atoms with van der Waals surface area (Å²) in [5.74, 6) is -1.34. The summed E-state index contributed by atoms with van der Waals surface area (Å²) in [4.78, 5) is 24.9. The van der Waals surface area contributed by atoms with Crippen LogP contribution in [0.3, 0.4) is 0 Å². The predicted molar refractivity (Wildman–Crippen MR) is 96.0 cm³/mol. The fourth-order valence-electron chi connectivity index (χ4n) is 3.17. The van der Waals surface area contributed by atoms with Crippen molar-refractivity contribution < 1.29 is 36.4 Å². The van der Waals surface area contributed by atoms with Gasteiger partial charge < -0.3 is 9.47 Å². The van der Waals surface area contributed by atoms with Gasteiger partial charge >= 0.3 is 13.5 Å². The molecule has 10 nitrogen and oxygen atoms in total. The molecular formula is C17H17F2N2O8P. The molecule has 162 valence electrons. The fourth-order valence-corrected chi connectivity index (χ4v) is 4.55. The number of ether oxygens (including phenoxy) is 2. The van der Waals surface area contributed by atoms with Gasteiger partial charge in [-0.3, -0.25) is 27.9 Å². The van der Waals surface area contributed by atoms with E-state index in [0.717, 1.165) is 10.8 Å². The second kappa shape index (κ2) is 8.05. The van der Waals surface area contributed by atoms with Crippen LogP contribution in [0.4, 0.5) is 8.78 Å². The summed E-state index contributed by atoms with van der Waals surface area (Å²) in [6, 6.07) is 4.00. The molecule has 2 aliphatic rings. The van der Waals surface area contributed by atoms with Gasteiger partial charge in [0.15, 0.2) is 0 Å². The number of rotatable bonds is 5. The topological polar surface area (TPSA) is 118 Å². The first-order valence-corrected chi connectivity index (χ1v) is 10.3. The minimum Gasteiger partial charge on any atom is -0.497 e. The Morgan fingerprint density at radius 2 is 2.07 bits per heavy atom. The molecule has 0 bridgehead atoms. The summed E-state index contributed by atoms with van der Waals surface area (Å²) >= 11 is 0. The maximum atomic E-state index is 13.9. The molecule has 4 rings (SSSR count). The lowest BCUT2D eigenvalue weighted by Gasteiger charge is -2.29. The van der Waals surface area contributed by atoms with Gasteiger partial charge in [0.1, 0.15) is 30.0 Å². The second-order valence-corrected chi connectivity index (χ2v) is 8.25. The smallest absolute Gasteiger partial charge is 0.475 e. The number of benzene rings is 1. The Morgan fingerprint density at radius 1 is 1.27 bits per heavy atom. The zero-order chi connectivity index (χ0) is 21.5. The molecule has 0 spiro atoms. The van der Waals surface area contributed by atoms with Crippen LogP contribution >= 0.6 is 7.82 Å². The van der Waals surface area contributed by atoms with Gasteiger partial charge in [0.05, 0.1) is 26.5 Å². The average Bonchev–Trinajstić information content (AvgIpc) is 3.12. The summed E-state index contributed by atoms with van der Waals surface area (Å²) in [7, 11) is -2.63. The van der Waals surface area contributed by atoms with E-state index in [4.69, 9.17) is 23.0 Å². The molecule has 0 aliphatic carbocycles. The van der Waals surface area contributed by atoms with Crippen molar-refractivity contribution in [1.29, 1.82) is 0 Å². The standard InChI is InChI=1S/C17H17F2N2O8P/c1-25-10-2-3-11(18)9(4-10)7-26-30(24)27-8-14-13(29-30)5-15(28-14)21-6-12(19)16(22)20-17(21)23/h2-4,6,13-15H,5,7-8H2,1H3,(H,20,22,23)/t13-,14+,15+,30?/m0/s1. The van der Waals surface area contributed by atoms with Crippen molar-refractivity contribution in [3.8, 4) is 5.75 Å². The van der Waals surface area contributed by atoms with Crippen LogP contribution in [0.2, 0.25) is 0 Å². The number of fused-ring (bicyclic) bond motifs is 1. The van der Waals surface area contributed by atoms with E-state index in [9.17, 15) is 22.9 Å². The Hall–Kier alpha value is -2.37. The number of methoxy groups -OCH3 is 1. The van der Waals surface area contributed by atoms with Gasteiger partial charge in [0.25, 0.3) is 5.56 Å². The first-order valence-electron chi connectivity index (χ1n) is 8.84. The number of hydrogen-bond donors (Lipinski definition) is 1. The van der Waals surface area contributed by atoms with Crippen molar-refractivity contribution in [2.75, 3.05) is 13.7 Å². The van der Waals surface area contributed by atoms with E-state index in [1.165, 1.54) is 25.3 Å². The van der Waals surface area contributed by atoms with Gasteiger partial charge in [0.2, 0.25) is 5.82 Å². The SMILES string of the molecule is COc1ccc(F)c(COP2(=O)OC[C@H]3O[C@@H](n4cc(F)c(=O)[nH]c4=O)C[C@@H]3O2)c1. The van der Waals surface area contributed by atoms with Gasteiger partial charge in [-0.25, -0.2) is 13.8 Å². The summed E-state index contributed by atoms with van der Waals surface area (Å²) in [5, 5.41) is 0. The molecule has 0 amide bonds. The molecule has 2 saturated heterocycles. The van der Waals surface area contributed by atoms with E-state index in [1.807, 2.05) is 4.98 Å². The first kappa shape index (κ1) is 20.9. The van der Waals surface area contributed by atoms with E-state index in [1.54, 1.807) is 0 Å². The second-order valence-electron chi connectivity index (χ2n) is 6.63. The lowest BCUT2D eigenvalue weighted by atomic mass is 10.2. The van der Waals surface area contributed by atoms with Crippen molar-refractivity contribution in [1.82, 2.24) is 9.55 Å². The van der Waals surface area contributed by atoms with Gasteiger partial charge in [-0.05, 0) is 18.2 Å². The first-order chi connectivity index (χ1) is 14.3. The highest BCUT2D eigenvalue weighted by Crippen LogP contribution is 2.57. The quantitative estimate of drug-likeness (QED) is 0.692. The molecule has 2 fully saturated rings. The highest BCUT2D eigenvalue weighted by molar-refractivity contribution is 7.48. The van der Waals surface area contributed by atoms with Crippen LogP contribution in [-0.2, 0) is 29.5 Å². The van der Waals surface area contributed by atoms with E-state index < -0.39 is 55.7 Å². The molecule has 30 heavy (non-hydrogen) atoms. The van der Waals surface area contributed by atoms with Gasteiger partial charge in [0, 0.05) is 12.0 Å². The van der Waals surface area contributed by atoms with Crippen molar-refractivity contribution in [3.05, 3.63) is 62.4 Å². The highest BCUT2D eigenvalue weighted by atomic mass is 31.2. The Morgan fingerprint density at radius 3 is 2.83 bits per heavy atom. The molecule has 3 heterocycles. The molecule has 0 saturated carbocycles. The third-order valence-electron chi connectivity index (χ3n) is 4.71. The molecule has 0 radical (unpaired) electrons. The van der Waals surface area contributed by atoms with Crippen LogP contribution in [-0.4, -0.2) is 35.5 Å². The summed E-state index contributed by atoms with van der Waals surface area (Å²) in [5.41, 5.74) is -1.91. The monoisotopic (exact) mass is 446 g/mol. The number of phosphoric acid groups is 1. The van der Waals surface area contributed by atoms with Crippen LogP contribution in [0.1, 0.15) is 18.2 Å². The number of halogens is 2. The van der Waals surface area contributed by atoms with Crippen LogP contribution in [0, 0.1) is 11.6 Å². The van der Waals surface area contributed by atoms with E-state index >= 15 is 0 Å². The summed E-state index contributed by atoms with van der Waals surface area (Å²) in [6.07, 6.45) is -1.70. The number of hydrogen-bond acceptors (Lipinski definition) is 8. The molecule has 4 atom stereocenters. The Kier molecular flexibility index (Phi) is 5.60. The summed E-state index contributed by atoms with van der Waals surface area (Å²) in [6.45, 7) is -0.577. The third kappa shape index (κ3) is 4.09. The van der Waals surface area contributed by atoms with Crippen LogP contribution in [0.25, 0.3) is 0 Å². The molecular weight excluding hydrogens is 429 g/mol. The largest absolute Gasteiger partial charge is 0.497 e. The van der Waals surface area contributed by atoms with Gasteiger partial charge in [-0.15, -0.1) is 0 Å². The normalized spacial score (nSPS) is 28.3. The lowest BCUT2D eigenvalue weighted by Crippen LogP contribution is -2.34. The zero-order valence-corrected chi connectivity index (χ0v) is 16.5. The van der Waals surface area contributed by atoms with Crippen molar-refractivity contribution in [2.24, 2.45) is 0 Å². The van der Waals surface area contributed by atoms with Crippen molar-refractivity contribution >= 4 is 7.82 Å². The van der Waals surface area contributed by atoms with E-state index in [-0.39, 0.29) is 18.6 Å². The molecule has 1 aromatic heterocycles. The average molecular weight is 446 g/mol. The van der Waals surface area contributed by atoms with Crippen LogP contribution in [0.15, 0.2) is 34.0 Å². The maximum Gasteiger partial charge on any atom is 0.475 e. The molecule has 13 heteroatoms.